The molecule has 0 saturated carbocycles. The highest BCUT2D eigenvalue weighted by Crippen LogP contribution is 2.27. The summed E-state index contributed by atoms with van der Waals surface area (Å²) in [6, 6.07) is 3.91. The maximum absolute atomic E-state index is 12.9. The van der Waals surface area contributed by atoms with Crippen LogP contribution in [0.4, 0.5) is 17.6 Å². The van der Waals surface area contributed by atoms with E-state index in [-0.39, 0.29) is 12.8 Å². The molecule has 1 nitrogen and oxygen atoms in total. The van der Waals surface area contributed by atoms with Gasteiger partial charge in [0.15, 0.2) is 0 Å². The molecule has 1 unspecified atom stereocenters. The van der Waals surface area contributed by atoms with Crippen molar-refractivity contribution in [2.24, 2.45) is 0 Å². The number of halogens is 4. The first-order valence-corrected chi connectivity index (χ1v) is 5.30. The molecule has 0 aromatic heterocycles. The quantitative estimate of drug-likeness (QED) is 0.803. The van der Waals surface area contributed by atoms with E-state index in [4.69, 9.17) is 0 Å². The summed E-state index contributed by atoms with van der Waals surface area (Å²) in [4.78, 5) is 0. The summed E-state index contributed by atoms with van der Waals surface area (Å²) in [6.07, 6.45) is -6.38. The summed E-state index contributed by atoms with van der Waals surface area (Å²) in [5.74, 6) is -0.500. The summed E-state index contributed by atoms with van der Waals surface area (Å²) in [5.41, 5.74) is 1.03. The van der Waals surface area contributed by atoms with Crippen LogP contribution in [0.3, 0.4) is 0 Å². The molecule has 1 rings (SSSR count). The highest BCUT2D eigenvalue weighted by molar-refractivity contribution is 5.28. The fraction of sp³-hybridized carbons (Fsp3) is 0.500. The summed E-state index contributed by atoms with van der Waals surface area (Å²) in [5, 5.41) is 9.69. The van der Waals surface area contributed by atoms with Gasteiger partial charge < -0.3 is 5.11 Å². The van der Waals surface area contributed by atoms with Crippen LogP contribution in [0.1, 0.15) is 36.5 Å². The molecule has 1 N–H and O–H groups in total. The zero-order valence-electron chi connectivity index (χ0n) is 9.39. The van der Waals surface area contributed by atoms with Crippen LogP contribution in [0.15, 0.2) is 18.2 Å². The largest absolute Gasteiger partial charge is 0.389 e. The lowest BCUT2D eigenvalue weighted by molar-refractivity contribution is -0.136. The van der Waals surface area contributed by atoms with Gasteiger partial charge in [-0.2, -0.15) is 13.2 Å². The molecule has 17 heavy (non-hydrogen) atoms. The Morgan fingerprint density at radius 1 is 1.29 bits per heavy atom. The van der Waals surface area contributed by atoms with Crippen LogP contribution in [-0.2, 0) is 0 Å². The SMILES string of the molecule is Cc1ccc(F)cc1C(O)CCCC(F)(F)F. The molecule has 0 bridgehead atoms. The van der Waals surface area contributed by atoms with Gasteiger partial charge in [0.25, 0.3) is 0 Å². The lowest BCUT2D eigenvalue weighted by atomic mass is 9.99. The van der Waals surface area contributed by atoms with Gasteiger partial charge in [-0.3, -0.25) is 0 Å². The van der Waals surface area contributed by atoms with E-state index < -0.39 is 24.5 Å². The molecular formula is C12H14F4O. The van der Waals surface area contributed by atoms with Crippen LogP contribution in [0.2, 0.25) is 0 Å². The first-order valence-electron chi connectivity index (χ1n) is 5.30. The molecule has 0 saturated heterocycles. The number of hydrogen-bond donors (Lipinski definition) is 1. The molecule has 96 valence electrons. The van der Waals surface area contributed by atoms with Crippen LogP contribution < -0.4 is 0 Å². The number of alkyl halides is 3. The van der Waals surface area contributed by atoms with Crippen molar-refractivity contribution in [2.75, 3.05) is 0 Å². The van der Waals surface area contributed by atoms with Crippen molar-refractivity contribution >= 4 is 0 Å². The second-order valence-corrected chi connectivity index (χ2v) is 4.02. The molecular weight excluding hydrogens is 236 g/mol. The Morgan fingerprint density at radius 3 is 2.53 bits per heavy atom. The van der Waals surface area contributed by atoms with Gasteiger partial charge in [-0.25, -0.2) is 4.39 Å². The molecule has 0 radical (unpaired) electrons. The molecule has 0 aliphatic rings. The van der Waals surface area contributed by atoms with Crippen LogP contribution in [0, 0.1) is 12.7 Å². The predicted molar refractivity (Wildman–Crippen MR) is 56.0 cm³/mol. The molecule has 0 amide bonds. The van der Waals surface area contributed by atoms with Gasteiger partial charge in [0.1, 0.15) is 5.82 Å². The van der Waals surface area contributed by atoms with Gasteiger partial charge in [-0.15, -0.1) is 0 Å². The molecule has 1 atom stereocenters. The Labute approximate surface area is 97.1 Å². The fourth-order valence-corrected chi connectivity index (χ4v) is 1.62. The van der Waals surface area contributed by atoms with Gasteiger partial charge in [-0.1, -0.05) is 6.07 Å². The van der Waals surface area contributed by atoms with Crippen molar-refractivity contribution in [3.8, 4) is 0 Å². The molecule has 1 aromatic carbocycles. The normalized spacial score (nSPS) is 13.8. The van der Waals surface area contributed by atoms with Crippen molar-refractivity contribution < 1.29 is 22.7 Å². The second-order valence-electron chi connectivity index (χ2n) is 4.02. The van der Waals surface area contributed by atoms with Crippen molar-refractivity contribution in [1.29, 1.82) is 0 Å². The maximum atomic E-state index is 12.9. The predicted octanol–water partition coefficient (Wildman–Crippen LogP) is 3.90. The third kappa shape index (κ3) is 4.73. The number of hydrogen-bond acceptors (Lipinski definition) is 1. The minimum absolute atomic E-state index is 0.0240. The van der Waals surface area contributed by atoms with Crippen molar-refractivity contribution in [2.45, 2.75) is 38.5 Å². The minimum atomic E-state index is -4.21. The average molecular weight is 250 g/mol. The third-order valence-electron chi connectivity index (χ3n) is 2.54. The summed E-state index contributed by atoms with van der Waals surface area (Å²) < 4.78 is 48.7. The van der Waals surface area contributed by atoms with Crippen molar-refractivity contribution in [3.05, 3.63) is 35.1 Å². The highest BCUT2D eigenvalue weighted by Gasteiger charge is 2.26. The summed E-state index contributed by atoms with van der Waals surface area (Å²) in [6.45, 7) is 1.68. The van der Waals surface area contributed by atoms with E-state index in [1.165, 1.54) is 12.1 Å². The van der Waals surface area contributed by atoms with Gasteiger partial charge in [0.05, 0.1) is 6.10 Å². The summed E-state index contributed by atoms with van der Waals surface area (Å²) in [7, 11) is 0. The van der Waals surface area contributed by atoms with E-state index in [0.717, 1.165) is 6.07 Å². The molecule has 0 spiro atoms. The number of aliphatic hydroxyl groups excluding tert-OH is 1. The molecule has 5 heteroatoms. The monoisotopic (exact) mass is 250 g/mol. The molecule has 1 aromatic rings. The van der Waals surface area contributed by atoms with E-state index in [1.54, 1.807) is 6.92 Å². The lowest BCUT2D eigenvalue weighted by Gasteiger charge is -2.14. The number of aryl methyl sites for hydroxylation is 1. The molecule has 0 aliphatic carbocycles. The number of aliphatic hydroxyl groups is 1. The van der Waals surface area contributed by atoms with Gasteiger partial charge in [0, 0.05) is 6.42 Å². The molecule has 0 aliphatic heterocycles. The second kappa shape index (κ2) is 5.49. The number of rotatable bonds is 4. The average Bonchev–Trinajstić information content (AvgIpc) is 2.19. The third-order valence-corrected chi connectivity index (χ3v) is 2.54. The van der Waals surface area contributed by atoms with Crippen LogP contribution in [0.5, 0.6) is 0 Å². The van der Waals surface area contributed by atoms with E-state index in [1.807, 2.05) is 0 Å². The van der Waals surface area contributed by atoms with Crippen LogP contribution in [-0.4, -0.2) is 11.3 Å². The van der Waals surface area contributed by atoms with Crippen molar-refractivity contribution in [3.63, 3.8) is 0 Å². The molecule has 0 heterocycles. The zero-order valence-corrected chi connectivity index (χ0v) is 9.39. The van der Waals surface area contributed by atoms with Crippen LogP contribution in [0.25, 0.3) is 0 Å². The van der Waals surface area contributed by atoms with E-state index in [2.05, 4.69) is 0 Å². The van der Waals surface area contributed by atoms with E-state index in [9.17, 15) is 22.7 Å². The standard InChI is InChI=1S/C12H14F4O/c1-8-4-5-9(13)7-10(8)11(17)3-2-6-12(14,15)16/h4-5,7,11,17H,2-3,6H2,1H3. The Morgan fingerprint density at radius 2 is 1.94 bits per heavy atom. The zero-order chi connectivity index (χ0) is 13.1. The van der Waals surface area contributed by atoms with Gasteiger partial charge in [0.2, 0.25) is 0 Å². The molecule has 0 fully saturated rings. The number of benzene rings is 1. The topological polar surface area (TPSA) is 20.2 Å². The minimum Gasteiger partial charge on any atom is -0.388 e. The van der Waals surface area contributed by atoms with E-state index in [0.29, 0.717) is 11.1 Å². The first-order chi connectivity index (χ1) is 7.79. The fourth-order valence-electron chi connectivity index (χ4n) is 1.62. The maximum Gasteiger partial charge on any atom is 0.389 e. The Hall–Kier alpha value is -1.10. The highest BCUT2D eigenvalue weighted by atomic mass is 19.4. The first kappa shape index (κ1) is 14.0. The van der Waals surface area contributed by atoms with Crippen molar-refractivity contribution in [1.82, 2.24) is 0 Å². The summed E-state index contributed by atoms with van der Waals surface area (Å²) >= 11 is 0. The Kier molecular flexibility index (Phi) is 4.51. The van der Waals surface area contributed by atoms with E-state index >= 15 is 0 Å². The Bertz CT molecular complexity index is 373. The Balaban J connectivity index is 2.58. The smallest absolute Gasteiger partial charge is 0.388 e. The van der Waals surface area contributed by atoms with Gasteiger partial charge in [-0.05, 0) is 43.0 Å². The van der Waals surface area contributed by atoms with Crippen LogP contribution >= 0.6 is 0 Å². The van der Waals surface area contributed by atoms with Gasteiger partial charge >= 0.3 is 6.18 Å². The lowest BCUT2D eigenvalue weighted by Crippen LogP contribution is -2.08.